The fraction of sp³-hybridized carbons (Fsp3) is 0.0645. The predicted molar refractivity (Wildman–Crippen MR) is 277 cm³/mol. The van der Waals surface area contributed by atoms with Gasteiger partial charge in [0.05, 0.1) is 33.5 Å². The van der Waals surface area contributed by atoms with Crippen LogP contribution in [0.1, 0.15) is 22.3 Å². The summed E-state index contributed by atoms with van der Waals surface area (Å²) in [5, 5.41) is 5.03. The molecule has 0 aliphatic rings. The Hall–Kier alpha value is -8.34. The molecule has 0 amide bonds. The van der Waals surface area contributed by atoms with Crippen molar-refractivity contribution in [2.24, 2.45) is 0 Å². The number of nitrogens with zero attached hydrogens (tertiary/aromatic N) is 4. The van der Waals surface area contributed by atoms with Gasteiger partial charge in [0.2, 0.25) is 0 Å². The van der Waals surface area contributed by atoms with Gasteiger partial charge < -0.3 is 9.13 Å². The van der Waals surface area contributed by atoms with Crippen molar-refractivity contribution in [2.45, 2.75) is 27.7 Å². The van der Waals surface area contributed by atoms with Crippen molar-refractivity contribution in [1.82, 2.24) is 19.1 Å². The number of hydrogen-bond acceptors (Lipinski definition) is 2. The van der Waals surface area contributed by atoms with Crippen LogP contribution in [0.25, 0.3) is 111 Å². The van der Waals surface area contributed by atoms with Gasteiger partial charge in [-0.15, -0.1) is 0 Å². The molecule has 0 N–H and O–H groups in total. The molecular formula is C62H46N4. The van der Waals surface area contributed by atoms with Crippen molar-refractivity contribution >= 4 is 43.6 Å². The van der Waals surface area contributed by atoms with Crippen LogP contribution in [-0.2, 0) is 0 Å². The molecule has 4 heteroatoms. The van der Waals surface area contributed by atoms with Gasteiger partial charge in [-0.1, -0.05) is 152 Å². The van der Waals surface area contributed by atoms with E-state index in [-0.39, 0.29) is 0 Å². The van der Waals surface area contributed by atoms with E-state index in [1.54, 1.807) is 0 Å². The van der Waals surface area contributed by atoms with Gasteiger partial charge in [-0.05, 0) is 127 Å². The minimum Gasteiger partial charge on any atom is -0.309 e. The molecule has 12 rings (SSSR count). The molecule has 0 spiro atoms. The number of aryl methyl sites for hydroxylation is 4. The van der Waals surface area contributed by atoms with Gasteiger partial charge in [-0.3, -0.25) is 0 Å². The zero-order valence-corrected chi connectivity index (χ0v) is 37.4. The number of rotatable bonds is 7. The quantitative estimate of drug-likeness (QED) is 0.160. The second-order valence-corrected chi connectivity index (χ2v) is 17.6. The standard InChI is InChI=1S/C62H46N4/c1-39-15-5-7-17-48(39)56-38-55(63-62(64-56)49-18-8-6-16-40(49)2)46-31-27-44(28-32-46)43-25-29-45(30-26-43)53-35-42(4)61(36-41(53)3)66-59-24-14-11-21-52(59)54-37-47(33-34-60(54)66)65-57-22-12-9-19-50(57)51-20-10-13-23-58(51)65/h5-38H,1-4H3. The molecule has 66 heavy (non-hydrogen) atoms. The normalized spacial score (nSPS) is 11.6. The fourth-order valence-electron chi connectivity index (χ4n) is 10.1. The van der Waals surface area contributed by atoms with E-state index < -0.39 is 0 Å². The maximum Gasteiger partial charge on any atom is 0.160 e. The van der Waals surface area contributed by atoms with Gasteiger partial charge in [0, 0.05) is 49.6 Å². The van der Waals surface area contributed by atoms with Crippen molar-refractivity contribution in [2.75, 3.05) is 0 Å². The van der Waals surface area contributed by atoms with E-state index in [9.17, 15) is 0 Å². The third-order valence-electron chi connectivity index (χ3n) is 13.5. The Morgan fingerprint density at radius 3 is 1.41 bits per heavy atom. The highest BCUT2D eigenvalue weighted by atomic mass is 15.0. The maximum atomic E-state index is 5.12. The topological polar surface area (TPSA) is 35.6 Å². The van der Waals surface area contributed by atoms with E-state index in [0.717, 1.165) is 50.7 Å². The van der Waals surface area contributed by atoms with Crippen molar-refractivity contribution < 1.29 is 0 Å². The first-order valence-electron chi connectivity index (χ1n) is 22.7. The Morgan fingerprint density at radius 1 is 0.303 bits per heavy atom. The van der Waals surface area contributed by atoms with Crippen molar-refractivity contribution in [3.8, 4) is 67.5 Å². The average Bonchev–Trinajstić information content (AvgIpc) is 3.87. The molecule has 12 aromatic rings. The lowest BCUT2D eigenvalue weighted by molar-refractivity contribution is 1.14. The van der Waals surface area contributed by atoms with E-state index >= 15 is 0 Å². The third kappa shape index (κ3) is 6.52. The second kappa shape index (κ2) is 15.7. The van der Waals surface area contributed by atoms with E-state index in [2.05, 4.69) is 243 Å². The Labute approximate surface area is 384 Å². The van der Waals surface area contributed by atoms with Crippen LogP contribution in [0.4, 0.5) is 0 Å². The Balaban J connectivity index is 0.867. The monoisotopic (exact) mass is 846 g/mol. The summed E-state index contributed by atoms with van der Waals surface area (Å²) >= 11 is 0. The summed E-state index contributed by atoms with van der Waals surface area (Å²) in [5.74, 6) is 0.738. The third-order valence-corrected chi connectivity index (χ3v) is 13.5. The van der Waals surface area contributed by atoms with Crippen LogP contribution in [0, 0.1) is 27.7 Å². The summed E-state index contributed by atoms with van der Waals surface area (Å²) in [5.41, 5.74) is 21.8. The Morgan fingerprint density at radius 2 is 0.788 bits per heavy atom. The first kappa shape index (κ1) is 39.3. The van der Waals surface area contributed by atoms with E-state index in [0.29, 0.717) is 0 Å². The highest BCUT2D eigenvalue weighted by Gasteiger charge is 2.19. The van der Waals surface area contributed by atoms with Gasteiger partial charge in [0.15, 0.2) is 5.82 Å². The van der Waals surface area contributed by atoms with Crippen molar-refractivity contribution in [3.63, 3.8) is 0 Å². The molecule has 0 aliphatic carbocycles. The molecule has 0 atom stereocenters. The molecule has 3 heterocycles. The number of para-hydroxylation sites is 3. The van der Waals surface area contributed by atoms with Gasteiger partial charge in [-0.25, -0.2) is 9.97 Å². The summed E-state index contributed by atoms with van der Waals surface area (Å²) in [6, 6.07) is 74.6. The Bertz CT molecular complexity index is 3730. The first-order valence-corrected chi connectivity index (χ1v) is 22.7. The van der Waals surface area contributed by atoms with Gasteiger partial charge in [0.1, 0.15) is 0 Å². The molecule has 9 aromatic carbocycles. The summed E-state index contributed by atoms with van der Waals surface area (Å²) < 4.78 is 4.86. The van der Waals surface area contributed by atoms with Crippen molar-refractivity contribution in [1.29, 1.82) is 0 Å². The number of benzene rings is 9. The van der Waals surface area contributed by atoms with Crippen molar-refractivity contribution in [3.05, 3.63) is 229 Å². The molecule has 0 radical (unpaired) electrons. The first-order chi connectivity index (χ1) is 32.4. The highest BCUT2D eigenvalue weighted by Crippen LogP contribution is 2.39. The van der Waals surface area contributed by atoms with Gasteiger partial charge in [0.25, 0.3) is 0 Å². The van der Waals surface area contributed by atoms with Crippen LogP contribution in [0.2, 0.25) is 0 Å². The SMILES string of the molecule is Cc1cc(-n2c3ccccc3c3cc(-n4c5ccccc5c5ccccc54)ccc32)c(C)cc1-c1ccc(-c2ccc(-c3cc(-c4ccccc4C)nc(-c4ccccc4C)n3)cc2)cc1. The zero-order valence-electron chi connectivity index (χ0n) is 37.4. The van der Waals surface area contributed by atoms with E-state index in [1.807, 2.05) is 0 Å². The summed E-state index contributed by atoms with van der Waals surface area (Å²) in [7, 11) is 0. The minimum absolute atomic E-state index is 0.738. The van der Waals surface area contributed by atoms with E-state index in [1.165, 1.54) is 82.7 Å². The number of aromatic nitrogens is 4. The smallest absolute Gasteiger partial charge is 0.160 e. The summed E-state index contributed by atoms with van der Waals surface area (Å²) in [4.78, 5) is 10.2. The van der Waals surface area contributed by atoms with E-state index in [4.69, 9.17) is 9.97 Å². The molecule has 0 bridgehead atoms. The molecular weight excluding hydrogens is 801 g/mol. The molecule has 0 saturated carbocycles. The molecule has 0 fully saturated rings. The van der Waals surface area contributed by atoms with Crippen LogP contribution >= 0.6 is 0 Å². The lowest BCUT2D eigenvalue weighted by atomic mass is 9.95. The second-order valence-electron chi connectivity index (χ2n) is 17.6. The highest BCUT2D eigenvalue weighted by molar-refractivity contribution is 6.12. The maximum absolute atomic E-state index is 5.12. The fourth-order valence-corrected chi connectivity index (χ4v) is 10.1. The number of hydrogen-bond donors (Lipinski definition) is 0. The van der Waals surface area contributed by atoms with Gasteiger partial charge in [-0.2, -0.15) is 0 Å². The van der Waals surface area contributed by atoms with Crippen LogP contribution in [-0.4, -0.2) is 19.1 Å². The van der Waals surface area contributed by atoms with Crippen LogP contribution < -0.4 is 0 Å². The molecule has 0 aliphatic heterocycles. The summed E-state index contributed by atoms with van der Waals surface area (Å²) in [6.45, 7) is 8.73. The predicted octanol–water partition coefficient (Wildman–Crippen LogP) is 16.2. The molecule has 3 aromatic heterocycles. The summed E-state index contributed by atoms with van der Waals surface area (Å²) in [6.07, 6.45) is 0. The number of fused-ring (bicyclic) bond motifs is 6. The van der Waals surface area contributed by atoms with Crippen LogP contribution in [0.15, 0.2) is 206 Å². The largest absolute Gasteiger partial charge is 0.309 e. The average molecular weight is 847 g/mol. The van der Waals surface area contributed by atoms with Crippen LogP contribution in [0.3, 0.4) is 0 Å². The van der Waals surface area contributed by atoms with Gasteiger partial charge >= 0.3 is 0 Å². The Kier molecular flexibility index (Phi) is 9.35. The van der Waals surface area contributed by atoms with Crippen LogP contribution in [0.5, 0.6) is 0 Å². The molecule has 4 nitrogen and oxygen atoms in total. The molecule has 0 saturated heterocycles. The zero-order chi connectivity index (χ0) is 44.5. The molecule has 0 unspecified atom stereocenters. The lowest BCUT2D eigenvalue weighted by Gasteiger charge is -2.16. The molecule has 314 valence electrons. The lowest BCUT2D eigenvalue weighted by Crippen LogP contribution is -1.99. The minimum atomic E-state index is 0.738.